The Bertz CT molecular complexity index is 271. The van der Waals surface area contributed by atoms with Crippen molar-refractivity contribution in [2.45, 2.75) is 71.0 Å². The van der Waals surface area contributed by atoms with Crippen molar-refractivity contribution >= 4 is 5.91 Å². The van der Waals surface area contributed by atoms with E-state index < -0.39 is 0 Å². The van der Waals surface area contributed by atoms with Crippen molar-refractivity contribution in [2.24, 2.45) is 5.92 Å². The zero-order valence-corrected chi connectivity index (χ0v) is 11.4. The molecule has 17 heavy (non-hydrogen) atoms. The SMILES string of the molecule is CCC1CCC(C)N1C(=O)C1CCC(C)NC1. The Hall–Kier alpha value is -0.570. The van der Waals surface area contributed by atoms with Gasteiger partial charge in [0, 0.05) is 24.7 Å². The number of carbonyl (C=O) groups excluding carboxylic acids is 1. The third-order valence-electron chi connectivity index (χ3n) is 4.52. The summed E-state index contributed by atoms with van der Waals surface area (Å²) in [5, 5.41) is 3.44. The third-order valence-corrected chi connectivity index (χ3v) is 4.52. The number of hydrogen-bond acceptors (Lipinski definition) is 2. The molecule has 4 unspecified atom stereocenters. The van der Waals surface area contributed by atoms with E-state index in [0.717, 1.165) is 25.8 Å². The van der Waals surface area contributed by atoms with Crippen molar-refractivity contribution in [3.05, 3.63) is 0 Å². The van der Waals surface area contributed by atoms with Crippen LogP contribution in [0.1, 0.15) is 52.9 Å². The summed E-state index contributed by atoms with van der Waals surface area (Å²) in [6, 6.07) is 1.53. The van der Waals surface area contributed by atoms with Crippen molar-refractivity contribution in [1.29, 1.82) is 0 Å². The molecule has 2 aliphatic heterocycles. The molecule has 2 aliphatic rings. The molecule has 2 fully saturated rings. The Kier molecular flexibility index (Phi) is 4.08. The number of nitrogens with one attached hydrogen (secondary N) is 1. The van der Waals surface area contributed by atoms with Crippen LogP contribution in [-0.2, 0) is 4.79 Å². The Morgan fingerprint density at radius 2 is 2.00 bits per heavy atom. The van der Waals surface area contributed by atoms with Crippen molar-refractivity contribution in [2.75, 3.05) is 6.54 Å². The predicted octanol–water partition coefficient (Wildman–Crippen LogP) is 2.16. The first kappa shape index (κ1) is 12.9. The van der Waals surface area contributed by atoms with Crippen molar-refractivity contribution in [1.82, 2.24) is 10.2 Å². The van der Waals surface area contributed by atoms with Gasteiger partial charge in [0.05, 0.1) is 5.92 Å². The van der Waals surface area contributed by atoms with Crippen LogP contribution in [0.3, 0.4) is 0 Å². The number of likely N-dealkylation sites (tertiary alicyclic amines) is 1. The lowest BCUT2D eigenvalue weighted by molar-refractivity contribution is -0.139. The fourth-order valence-electron chi connectivity index (χ4n) is 3.29. The minimum absolute atomic E-state index is 0.223. The van der Waals surface area contributed by atoms with Gasteiger partial charge >= 0.3 is 0 Å². The van der Waals surface area contributed by atoms with Gasteiger partial charge in [-0.3, -0.25) is 4.79 Å². The molecule has 0 aliphatic carbocycles. The van der Waals surface area contributed by atoms with Crippen LogP contribution < -0.4 is 5.32 Å². The van der Waals surface area contributed by atoms with Gasteiger partial charge in [-0.15, -0.1) is 0 Å². The molecule has 0 saturated carbocycles. The molecule has 0 radical (unpaired) electrons. The van der Waals surface area contributed by atoms with Gasteiger partial charge in [-0.05, 0) is 46.0 Å². The molecule has 1 N–H and O–H groups in total. The molecule has 1 amide bonds. The molecule has 98 valence electrons. The Morgan fingerprint density at radius 1 is 1.24 bits per heavy atom. The van der Waals surface area contributed by atoms with Crippen LogP contribution in [0.25, 0.3) is 0 Å². The monoisotopic (exact) mass is 238 g/mol. The Labute approximate surface area is 105 Å². The summed E-state index contributed by atoms with van der Waals surface area (Å²) < 4.78 is 0. The number of piperidine rings is 1. The minimum Gasteiger partial charge on any atom is -0.337 e. The number of hydrogen-bond donors (Lipinski definition) is 1. The van der Waals surface area contributed by atoms with E-state index in [9.17, 15) is 4.79 Å². The maximum atomic E-state index is 12.6. The molecule has 0 aromatic heterocycles. The molecule has 0 aromatic rings. The van der Waals surface area contributed by atoms with Gasteiger partial charge in [-0.25, -0.2) is 0 Å². The maximum absolute atomic E-state index is 12.6. The molecule has 2 saturated heterocycles. The van der Waals surface area contributed by atoms with Crippen LogP contribution in [-0.4, -0.2) is 35.5 Å². The van der Waals surface area contributed by atoms with Gasteiger partial charge in [-0.1, -0.05) is 6.92 Å². The lowest BCUT2D eigenvalue weighted by Crippen LogP contribution is -2.49. The predicted molar refractivity (Wildman–Crippen MR) is 69.8 cm³/mol. The second-order valence-electron chi connectivity index (χ2n) is 5.82. The van der Waals surface area contributed by atoms with Crippen LogP contribution in [0.4, 0.5) is 0 Å². The minimum atomic E-state index is 0.223. The molecule has 4 atom stereocenters. The number of carbonyl (C=O) groups is 1. The summed E-state index contributed by atoms with van der Waals surface area (Å²) in [6.45, 7) is 7.48. The topological polar surface area (TPSA) is 32.3 Å². The summed E-state index contributed by atoms with van der Waals surface area (Å²) in [5.41, 5.74) is 0. The second kappa shape index (κ2) is 5.38. The van der Waals surface area contributed by atoms with Crippen LogP contribution >= 0.6 is 0 Å². The summed E-state index contributed by atoms with van der Waals surface area (Å²) in [4.78, 5) is 14.8. The van der Waals surface area contributed by atoms with Crippen LogP contribution in [0.5, 0.6) is 0 Å². The Balaban J connectivity index is 1.98. The molecule has 0 spiro atoms. The fraction of sp³-hybridized carbons (Fsp3) is 0.929. The number of rotatable bonds is 2. The standard InChI is InChI=1S/C14H26N2O/c1-4-13-8-6-11(3)16(13)14(17)12-7-5-10(2)15-9-12/h10-13,15H,4-9H2,1-3H3. The quantitative estimate of drug-likeness (QED) is 0.799. The van der Waals surface area contributed by atoms with E-state index in [0.29, 0.717) is 24.0 Å². The van der Waals surface area contributed by atoms with Gasteiger partial charge in [0.2, 0.25) is 5.91 Å². The van der Waals surface area contributed by atoms with E-state index in [1.165, 1.54) is 12.8 Å². The van der Waals surface area contributed by atoms with Crippen LogP contribution in [0.15, 0.2) is 0 Å². The van der Waals surface area contributed by atoms with E-state index >= 15 is 0 Å². The Morgan fingerprint density at radius 3 is 2.59 bits per heavy atom. The van der Waals surface area contributed by atoms with Gasteiger partial charge in [0.15, 0.2) is 0 Å². The summed E-state index contributed by atoms with van der Waals surface area (Å²) in [5.74, 6) is 0.627. The first-order valence-electron chi connectivity index (χ1n) is 7.19. The molecule has 2 rings (SSSR count). The van der Waals surface area contributed by atoms with Gasteiger partial charge in [-0.2, -0.15) is 0 Å². The second-order valence-corrected chi connectivity index (χ2v) is 5.82. The highest BCUT2D eigenvalue weighted by atomic mass is 16.2. The average molecular weight is 238 g/mol. The average Bonchev–Trinajstić information content (AvgIpc) is 2.70. The van der Waals surface area contributed by atoms with Crippen LogP contribution in [0, 0.1) is 5.92 Å². The van der Waals surface area contributed by atoms with E-state index in [1.54, 1.807) is 0 Å². The lowest BCUT2D eigenvalue weighted by Gasteiger charge is -2.34. The van der Waals surface area contributed by atoms with Gasteiger partial charge < -0.3 is 10.2 Å². The molecule has 0 bridgehead atoms. The first-order chi connectivity index (χ1) is 8.13. The normalized spacial score (nSPS) is 38.4. The van der Waals surface area contributed by atoms with Crippen LogP contribution in [0.2, 0.25) is 0 Å². The summed E-state index contributed by atoms with van der Waals surface area (Å²) in [7, 11) is 0. The summed E-state index contributed by atoms with van der Waals surface area (Å²) in [6.07, 6.45) is 5.68. The first-order valence-corrected chi connectivity index (χ1v) is 7.19. The summed E-state index contributed by atoms with van der Waals surface area (Å²) >= 11 is 0. The maximum Gasteiger partial charge on any atom is 0.227 e. The third kappa shape index (κ3) is 2.65. The van der Waals surface area contributed by atoms with Crippen molar-refractivity contribution in [3.8, 4) is 0 Å². The van der Waals surface area contributed by atoms with E-state index in [2.05, 4.69) is 31.0 Å². The molecule has 3 nitrogen and oxygen atoms in total. The molecule has 0 aromatic carbocycles. The van der Waals surface area contributed by atoms with Crippen molar-refractivity contribution in [3.63, 3.8) is 0 Å². The zero-order valence-electron chi connectivity index (χ0n) is 11.4. The number of nitrogens with zero attached hydrogens (tertiary/aromatic N) is 1. The zero-order chi connectivity index (χ0) is 12.4. The van der Waals surface area contributed by atoms with Crippen molar-refractivity contribution < 1.29 is 4.79 Å². The highest BCUT2D eigenvalue weighted by Gasteiger charge is 2.37. The molecular weight excluding hydrogens is 212 g/mol. The van der Waals surface area contributed by atoms with E-state index in [-0.39, 0.29) is 5.92 Å². The lowest BCUT2D eigenvalue weighted by atomic mass is 9.93. The van der Waals surface area contributed by atoms with Gasteiger partial charge in [0.25, 0.3) is 0 Å². The van der Waals surface area contributed by atoms with E-state index in [4.69, 9.17) is 0 Å². The fourth-order valence-corrected chi connectivity index (χ4v) is 3.29. The largest absolute Gasteiger partial charge is 0.337 e. The highest BCUT2D eigenvalue weighted by Crippen LogP contribution is 2.29. The molecular formula is C14H26N2O. The molecule has 3 heteroatoms. The molecule has 2 heterocycles. The highest BCUT2D eigenvalue weighted by molar-refractivity contribution is 5.80. The van der Waals surface area contributed by atoms with Gasteiger partial charge in [0.1, 0.15) is 0 Å². The smallest absolute Gasteiger partial charge is 0.227 e. The number of amides is 1. The van der Waals surface area contributed by atoms with E-state index in [1.807, 2.05) is 0 Å².